The number of aliphatic hydroxyl groups is 1. The highest BCUT2D eigenvalue weighted by Crippen LogP contribution is 2.58. The topological polar surface area (TPSA) is 96.4 Å². The summed E-state index contributed by atoms with van der Waals surface area (Å²) in [5.41, 5.74) is -0.163. The molecule has 5 atom stereocenters. The Bertz CT molecular complexity index is 934. The van der Waals surface area contributed by atoms with Crippen LogP contribution < -0.4 is 0 Å². The maximum atomic E-state index is 13.9. The maximum absolute atomic E-state index is 13.9. The SMILES string of the molecule is C=CCOC(=O)[C@@H]1[C@@H]2CCC3(O2)C(C(=O)N(CC=C)Cc2ccccc2)N(CCO)C(=O)[C@H]13. The molecular formula is C25H30N2O6. The molecule has 0 radical (unpaired) electrons. The second kappa shape index (κ2) is 9.49. The average Bonchev–Trinajstić information content (AvgIpc) is 3.45. The van der Waals surface area contributed by atoms with E-state index in [2.05, 4.69) is 13.2 Å². The quantitative estimate of drug-likeness (QED) is 0.423. The summed E-state index contributed by atoms with van der Waals surface area (Å²) in [5.74, 6) is -2.71. The molecule has 1 spiro atoms. The number of carbonyl (C=O) groups is 3. The molecule has 0 saturated carbocycles. The number of carbonyl (C=O) groups excluding carboxylic acids is 3. The molecule has 3 heterocycles. The third-order valence-corrected chi connectivity index (χ3v) is 6.87. The summed E-state index contributed by atoms with van der Waals surface area (Å²) in [4.78, 5) is 43.3. The van der Waals surface area contributed by atoms with Gasteiger partial charge in [-0.25, -0.2) is 0 Å². The number of amides is 2. The lowest BCUT2D eigenvalue weighted by molar-refractivity contribution is -0.154. The van der Waals surface area contributed by atoms with Crippen molar-refractivity contribution < 1.29 is 29.0 Å². The standard InChI is InChI=1S/C25H30N2O6/c1-3-12-26(16-17-8-6-5-7-9-17)23(30)21-25-11-10-18(33-25)19(24(31)32-15-4-2)20(25)22(29)27(21)13-14-28/h3-9,18-21,28H,1-2,10-16H2/t18-,19+,20-,21?,25?/m0/s1. The number of hydrogen-bond donors (Lipinski definition) is 1. The van der Waals surface area contributed by atoms with Gasteiger partial charge in [0.15, 0.2) is 0 Å². The molecule has 33 heavy (non-hydrogen) atoms. The number of fused-ring (bicyclic) bond motifs is 1. The molecule has 3 aliphatic rings. The Morgan fingerprint density at radius 1 is 1.27 bits per heavy atom. The smallest absolute Gasteiger partial charge is 0.312 e. The van der Waals surface area contributed by atoms with Gasteiger partial charge in [0.25, 0.3) is 0 Å². The Labute approximate surface area is 193 Å². The van der Waals surface area contributed by atoms with Crippen LogP contribution >= 0.6 is 0 Å². The molecule has 176 valence electrons. The van der Waals surface area contributed by atoms with Gasteiger partial charge in [-0.3, -0.25) is 14.4 Å². The fourth-order valence-electron chi connectivity index (χ4n) is 5.65. The van der Waals surface area contributed by atoms with Crippen molar-refractivity contribution in [2.45, 2.75) is 37.1 Å². The minimum atomic E-state index is -1.11. The van der Waals surface area contributed by atoms with Gasteiger partial charge in [-0.15, -0.1) is 6.58 Å². The largest absolute Gasteiger partial charge is 0.461 e. The first kappa shape index (κ1) is 23.2. The Balaban J connectivity index is 1.68. The van der Waals surface area contributed by atoms with Crippen LogP contribution in [0.5, 0.6) is 0 Å². The molecule has 2 amide bonds. The van der Waals surface area contributed by atoms with E-state index in [-0.39, 0.29) is 31.6 Å². The molecule has 3 aliphatic heterocycles. The lowest BCUT2D eigenvalue weighted by Gasteiger charge is -2.36. The van der Waals surface area contributed by atoms with E-state index in [1.54, 1.807) is 11.0 Å². The molecule has 2 unspecified atom stereocenters. The summed E-state index contributed by atoms with van der Waals surface area (Å²) in [6, 6.07) is 8.64. The number of β-amino-alcohol motifs (C(OH)–C–C–N with tert-alkyl or cyclic N) is 1. The van der Waals surface area contributed by atoms with E-state index in [9.17, 15) is 19.5 Å². The van der Waals surface area contributed by atoms with Crippen molar-refractivity contribution in [1.29, 1.82) is 0 Å². The van der Waals surface area contributed by atoms with Crippen LogP contribution in [0.1, 0.15) is 18.4 Å². The predicted molar refractivity (Wildman–Crippen MR) is 120 cm³/mol. The summed E-state index contributed by atoms with van der Waals surface area (Å²) >= 11 is 0. The maximum Gasteiger partial charge on any atom is 0.312 e. The summed E-state index contributed by atoms with van der Waals surface area (Å²) in [6.07, 6.45) is 3.70. The van der Waals surface area contributed by atoms with Crippen LogP contribution in [0.25, 0.3) is 0 Å². The van der Waals surface area contributed by atoms with Crippen molar-refractivity contribution in [3.63, 3.8) is 0 Å². The van der Waals surface area contributed by atoms with Gasteiger partial charge in [-0.1, -0.05) is 49.1 Å². The molecule has 2 bridgehead atoms. The lowest BCUT2D eigenvalue weighted by Crippen LogP contribution is -2.56. The molecular weight excluding hydrogens is 424 g/mol. The molecule has 8 nitrogen and oxygen atoms in total. The zero-order valence-electron chi connectivity index (χ0n) is 18.6. The van der Waals surface area contributed by atoms with E-state index in [0.29, 0.717) is 25.9 Å². The molecule has 3 saturated heterocycles. The minimum Gasteiger partial charge on any atom is -0.461 e. The first-order valence-corrected chi connectivity index (χ1v) is 11.3. The monoisotopic (exact) mass is 454 g/mol. The van der Waals surface area contributed by atoms with Gasteiger partial charge in [-0.05, 0) is 18.4 Å². The van der Waals surface area contributed by atoms with E-state index in [0.717, 1.165) is 5.56 Å². The van der Waals surface area contributed by atoms with Gasteiger partial charge in [0, 0.05) is 19.6 Å². The highest BCUT2D eigenvalue weighted by atomic mass is 16.6. The number of likely N-dealkylation sites (tertiary alicyclic amines) is 1. The Morgan fingerprint density at radius 2 is 2.03 bits per heavy atom. The Kier molecular flexibility index (Phi) is 6.67. The van der Waals surface area contributed by atoms with Crippen molar-refractivity contribution in [3.8, 4) is 0 Å². The van der Waals surface area contributed by atoms with Gasteiger partial charge in [-0.2, -0.15) is 0 Å². The van der Waals surface area contributed by atoms with E-state index in [1.165, 1.54) is 11.0 Å². The number of benzene rings is 1. The Morgan fingerprint density at radius 3 is 2.70 bits per heavy atom. The van der Waals surface area contributed by atoms with E-state index in [4.69, 9.17) is 9.47 Å². The van der Waals surface area contributed by atoms with Gasteiger partial charge in [0.2, 0.25) is 11.8 Å². The fraction of sp³-hybridized carbons (Fsp3) is 0.480. The summed E-state index contributed by atoms with van der Waals surface area (Å²) in [6.45, 7) is 7.72. The first-order chi connectivity index (χ1) is 16.0. The van der Waals surface area contributed by atoms with Crippen LogP contribution in [0.4, 0.5) is 0 Å². The third-order valence-electron chi connectivity index (χ3n) is 6.87. The number of esters is 1. The fourth-order valence-corrected chi connectivity index (χ4v) is 5.65. The molecule has 4 rings (SSSR count). The zero-order valence-corrected chi connectivity index (χ0v) is 18.6. The van der Waals surface area contributed by atoms with Crippen molar-refractivity contribution in [2.75, 3.05) is 26.3 Å². The number of nitrogens with zero attached hydrogens (tertiary/aromatic N) is 2. The van der Waals surface area contributed by atoms with Crippen LogP contribution in [0.3, 0.4) is 0 Å². The summed E-state index contributed by atoms with van der Waals surface area (Å²) in [7, 11) is 0. The van der Waals surface area contributed by atoms with Crippen LogP contribution in [0.2, 0.25) is 0 Å². The van der Waals surface area contributed by atoms with E-state index >= 15 is 0 Å². The van der Waals surface area contributed by atoms with Crippen molar-refractivity contribution >= 4 is 17.8 Å². The van der Waals surface area contributed by atoms with Gasteiger partial charge in [0.1, 0.15) is 18.2 Å². The number of ether oxygens (including phenoxy) is 2. The second-order valence-corrected chi connectivity index (χ2v) is 8.72. The number of rotatable bonds is 10. The number of aliphatic hydroxyl groups excluding tert-OH is 1. The van der Waals surface area contributed by atoms with Crippen LogP contribution in [-0.2, 0) is 30.4 Å². The van der Waals surface area contributed by atoms with E-state index in [1.807, 2.05) is 30.3 Å². The van der Waals surface area contributed by atoms with Crippen LogP contribution in [0.15, 0.2) is 55.6 Å². The average molecular weight is 455 g/mol. The van der Waals surface area contributed by atoms with Crippen molar-refractivity contribution in [3.05, 3.63) is 61.2 Å². The predicted octanol–water partition coefficient (Wildman–Crippen LogP) is 1.30. The van der Waals surface area contributed by atoms with Gasteiger partial charge >= 0.3 is 5.97 Å². The summed E-state index contributed by atoms with van der Waals surface area (Å²) in [5, 5.41) is 9.66. The molecule has 8 heteroatoms. The minimum absolute atomic E-state index is 0.0107. The van der Waals surface area contributed by atoms with Crippen LogP contribution in [-0.4, -0.2) is 76.7 Å². The molecule has 1 N–H and O–H groups in total. The molecule has 3 fully saturated rings. The summed E-state index contributed by atoms with van der Waals surface area (Å²) < 4.78 is 11.6. The lowest BCUT2D eigenvalue weighted by atomic mass is 9.70. The van der Waals surface area contributed by atoms with Gasteiger partial charge in [0.05, 0.1) is 24.5 Å². The third kappa shape index (κ3) is 3.87. The molecule has 1 aromatic rings. The molecule has 1 aromatic carbocycles. The molecule has 0 aromatic heterocycles. The zero-order chi connectivity index (χ0) is 23.6. The van der Waals surface area contributed by atoms with Crippen LogP contribution in [0, 0.1) is 11.8 Å². The van der Waals surface area contributed by atoms with Gasteiger partial charge < -0.3 is 24.4 Å². The highest BCUT2D eigenvalue weighted by molar-refractivity contribution is 5.98. The first-order valence-electron chi connectivity index (χ1n) is 11.3. The molecule has 0 aliphatic carbocycles. The Hall–Kier alpha value is -2.97. The normalized spacial score (nSPS) is 29.6. The van der Waals surface area contributed by atoms with E-state index < -0.39 is 35.6 Å². The van der Waals surface area contributed by atoms with Crippen molar-refractivity contribution in [1.82, 2.24) is 9.80 Å². The van der Waals surface area contributed by atoms with Crippen molar-refractivity contribution in [2.24, 2.45) is 11.8 Å². The second-order valence-electron chi connectivity index (χ2n) is 8.72. The highest BCUT2D eigenvalue weighted by Gasteiger charge is 2.75. The number of hydrogen-bond acceptors (Lipinski definition) is 6.